The molecular formula is C23H30FN3O3S. The zero-order valence-electron chi connectivity index (χ0n) is 17.8. The van der Waals surface area contributed by atoms with Crippen molar-refractivity contribution in [2.24, 2.45) is 0 Å². The van der Waals surface area contributed by atoms with Gasteiger partial charge in [0.2, 0.25) is 10.0 Å². The Balaban J connectivity index is 1.40. The van der Waals surface area contributed by atoms with Gasteiger partial charge in [-0.05, 0) is 55.7 Å². The van der Waals surface area contributed by atoms with Gasteiger partial charge >= 0.3 is 0 Å². The van der Waals surface area contributed by atoms with Crippen LogP contribution in [0.5, 0.6) is 0 Å². The first-order valence-corrected chi connectivity index (χ1v) is 12.8. The molecule has 168 valence electrons. The van der Waals surface area contributed by atoms with Crippen LogP contribution in [0.25, 0.3) is 0 Å². The first-order chi connectivity index (χ1) is 14.9. The zero-order chi connectivity index (χ0) is 21.8. The summed E-state index contributed by atoms with van der Waals surface area (Å²) in [6.07, 6.45) is 7.50. The fourth-order valence-corrected chi connectivity index (χ4v) is 5.67. The van der Waals surface area contributed by atoms with Crippen molar-refractivity contribution in [2.45, 2.75) is 56.2 Å². The van der Waals surface area contributed by atoms with Crippen molar-refractivity contribution in [2.75, 3.05) is 24.3 Å². The largest absolute Gasteiger partial charge is 0.376 e. The third-order valence-corrected chi connectivity index (χ3v) is 7.10. The second-order valence-electron chi connectivity index (χ2n) is 8.57. The molecule has 0 spiro atoms. The number of hydrogen-bond acceptors (Lipinski definition) is 5. The smallest absolute Gasteiger partial charge is 0.209 e. The molecule has 2 atom stereocenters. The van der Waals surface area contributed by atoms with Crippen LogP contribution in [0.3, 0.4) is 0 Å². The van der Waals surface area contributed by atoms with Crippen molar-refractivity contribution in [3.05, 3.63) is 60.0 Å². The molecule has 8 heteroatoms. The summed E-state index contributed by atoms with van der Waals surface area (Å²) in [7, 11) is -3.38. The van der Waals surface area contributed by atoms with Gasteiger partial charge in [-0.1, -0.05) is 30.3 Å². The number of nitrogens with one attached hydrogen (secondary N) is 1. The second-order valence-corrected chi connectivity index (χ2v) is 10.4. The van der Waals surface area contributed by atoms with Crippen LogP contribution >= 0.6 is 0 Å². The molecular weight excluding hydrogens is 417 g/mol. The topological polar surface area (TPSA) is 71.5 Å². The van der Waals surface area contributed by atoms with Gasteiger partial charge in [-0.2, -0.15) is 0 Å². The highest BCUT2D eigenvalue weighted by molar-refractivity contribution is 7.88. The monoisotopic (exact) mass is 447 g/mol. The van der Waals surface area contributed by atoms with E-state index in [0.717, 1.165) is 31.9 Å². The average Bonchev–Trinajstić information content (AvgIpc) is 3.14. The molecule has 0 bridgehead atoms. The van der Waals surface area contributed by atoms with Crippen LogP contribution in [0, 0.1) is 5.82 Å². The molecule has 2 aromatic rings. The molecule has 1 aromatic heterocycles. The third kappa shape index (κ3) is 5.61. The van der Waals surface area contributed by atoms with Crippen molar-refractivity contribution >= 4 is 15.8 Å². The molecule has 2 fully saturated rings. The fourth-order valence-electron chi connectivity index (χ4n) is 4.85. The lowest BCUT2D eigenvalue weighted by Gasteiger charge is -2.33. The predicted octanol–water partition coefficient (Wildman–Crippen LogP) is 3.46. The summed E-state index contributed by atoms with van der Waals surface area (Å²) < 4.78 is 47.1. The number of benzene rings is 1. The summed E-state index contributed by atoms with van der Waals surface area (Å²) >= 11 is 0. The summed E-state index contributed by atoms with van der Waals surface area (Å²) in [6, 6.07) is 12.9. The number of sulfonamides is 1. The number of aromatic nitrogens is 1. The van der Waals surface area contributed by atoms with Crippen molar-refractivity contribution in [1.29, 1.82) is 0 Å². The maximum Gasteiger partial charge on any atom is 0.209 e. The van der Waals surface area contributed by atoms with E-state index < -0.39 is 15.8 Å². The molecule has 31 heavy (non-hydrogen) atoms. The van der Waals surface area contributed by atoms with E-state index in [4.69, 9.17) is 4.74 Å². The third-order valence-electron chi connectivity index (χ3n) is 6.37. The Labute approximate surface area is 183 Å². The van der Waals surface area contributed by atoms with Gasteiger partial charge in [0.25, 0.3) is 0 Å². The lowest BCUT2D eigenvalue weighted by Crippen LogP contribution is -2.48. The maximum atomic E-state index is 14.4. The Kier molecular flexibility index (Phi) is 6.89. The highest BCUT2D eigenvalue weighted by Crippen LogP contribution is 2.34. The highest BCUT2D eigenvalue weighted by Gasteiger charge is 2.38. The van der Waals surface area contributed by atoms with Gasteiger partial charge < -0.3 is 9.64 Å². The van der Waals surface area contributed by atoms with E-state index in [9.17, 15) is 12.8 Å². The van der Waals surface area contributed by atoms with Gasteiger partial charge in [-0.3, -0.25) is 0 Å². The molecule has 0 amide bonds. The standard InChI is InChI=1S/C23H30FN3O3S/c1-31(28,29)26-21-13-15-27(23-20(24)8-5-14-25-23)22(21)16-30-19-11-9-18(10-12-19)17-6-3-2-4-7-17/h2-8,14,18-19,21-22,26H,9-13,15-16H2,1H3/t18-,19+,21-,22-/m0/s1. The van der Waals surface area contributed by atoms with E-state index in [1.54, 1.807) is 12.3 Å². The minimum atomic E-state index is -3.38. The van der Waals surface area contributed by atoms with Gasteiger partial charge in [0.1, 0.15) is 0 Å². The number of pyridine rings is 1. The summed E-state index contributed by atoms with van der Waals surface area (Å²) in [5.74, 6) is 0.406. The van der Waals surface area contributed by atoms with Crippen molar-refractivity contribution in [3.8, 4) is 0 Å². The minimum Gasteiger partial charge on any atom is -0.376 e. The molecule has 6 nitrogen and oxygen atoms in total. The lowest BCUT2D eigenvalue weighted by atomic mass is 9.83. The van der Waals surface area contributed by atoms with E-state index in [1.165, 1.54) is 11.6 Å². The number of halogens is 1. The van der Waals surface area contributed by atoms with Gasteiger partial charge in [0.15, 0.2) is 11.6 Å². The molecule has 1 saturated heterocycles. The quantitative estimate of drug-likeness (QED) is 0.704. The van der Waals surface area contributed by atoms with Crippen LogP contribution in [0.1, 0.15) is 43.6 Å². The van der Waals surface area contributed by atoms with Crippen LogP contribution < -0.4 is 9.62 Å². The second kappa shape index (κ2) is 9.63. The Morgan fingerprint density at radius 3 is 2.52 bits per heavy atom. The molecule has 1 saturated carbocycles. The zero-order valence-corrected chi connectivity index (χ0v) is 18.6. The van der Waals surface area contributed by atoms with Crippen LogP contribution in [0.2, 0.25) is 0 Å². The number of anilines is 1. The van der Waals surface area contributed by atoms with Crippen LogP contribution in [-0.4, -0.2) is 51.0 Å². The number of hydrogen-bond donors (Lipinski definition) is 1. The Morgan fingerprint density at radius 1 is 1.10 bits per heavy atom. The molecule has 1 aliphatic carbocycles. The maximum absolute atomic E-state index is 14.4. The van der Waals surface area contributed by atoms with E-state index in [2.05, 4.69) is 34.0 Å². The number of rotatable bonds is 7. The summed E-state index contributed by atoms with van der Waals surface area (Å²) in [4.78, 5) is 6.04. The molecule has 2 heterocycles. The van der Waals surface area contributed by atoms with Crippen LogP contribution in [-0.2, 0) is 14.8 Å². The van der Waals surface area contributed by atoms with E-state index in [0.29, 0.717) is 25.5 Å². The van der Waals surface area contributed by atoms with Crippen LogP contribution in [0.15, 0.2) is 48.7 Å². The average molecular weight is 448 g/mol. The predicted molar refractivity (Wildman–Crippen MR) is 119 cm³/mol. The van der Waals surface area contributed by atoms with E-state index >= 15 is 0 Å². The van der Waals surface area contributed by atoms with Gasteiger partial charge in [0.05, 0.1) is 25.0 Å². The first-order valence-electron chi connectivity index (χ1n) is 10.9. The van der Waals surface area contributed by atoms with Crippen molar-refractivity contribution < 1.29 is 17.5 Å². The Morgan fingerprint density at radius 2 is 1.84 bits per heavy atom. The summed E-state index contributed by atoms with van der Waals surface area (Å²) in [6.45, 7) is 0.861. The minimum absolute atomic E-state index is 0.134. The van der Waals surface area contributed by atoms with E-state index in [-0.39, 0.29) is 24.0 Å². The van der Waals surface area contributed by atoms with E-state index in [1.807, 2.05) is 11.0 Å². The van der Waals surface area contributed by atoms with Crippen LogP contribution in [0.4, 0.5) is 10.2 Å². The summed E-state index contributed by atoms with van der Waals surface area (Å²) in [5.41, 5.74) is 1.38. The van der Waals surface area contributed by atoms with Gasteiger partial charge in [-0.25, -0.2) is 22.5 Å². The first kappa shape index (κ1) is 22.2. The molecule has 4 rings (SSSR count). The Hall–Kier alpha value is -2.03. The van der Waals surface area contributed by atoms with Gasteiger partial charge in [-0.15, -0.1) is 0 Å². The highest BCUT2D eigenvalue weighted by atomic mass is 32.2. The number of nitrogens with zero attached hydrogens (tertiary/aromatic N) is 2. The van der Waals surface area contributed by atoms with Crippen molar-refractivity contribution in [1.82, 2.24) is 9.71 Å². The normalized spacial score (nSPS) is 26.8. The molecule has 1 aromatic carbocycles. The Bertz CT molecular complexity index is 965. The molecule has 1 aliphatic heterocycles. The molecule has 1 N–H and O–H groups in total. The SMILES string of the molecule is CS(=O)(=O)N[C@H]1CCN(c2ncccc2F)[C@H]1CO[C@H]1CC[C@@H](c2ccccc2)CC1. The molecule has 0 radical (unpaired) electrons. The molecule has 2 aliphatic rings. The van der Waals surface area contributed by atoms with Gasteiger partial charge in [0, 0.05) is 18.8 Å². The molecule has 0 unspecified atom stereocenters. The van der Waals surface area contributed by atoms with Crippen molar-refractivity contribution in [3.63, 3.8) is 0 Å². The summed E-state index contributed by atoms with van der Waals surface area (Å²) in [5, 5.41) is 0. The number of ether oxygens (including phenoxy) is 1. The lowest BCUT2D eigenvalue weighted by molar-refractivity contribution is 0.0155. The fraction of sp³-hybridized carbons (Fsp3) is 0.522.